The van der Waals surface area contributed by atoms with Crippen molar-refractivity contribution in [1.82, 2.24) is 0 Å². The van der Waals surface area contributed by atoms with Gasteiger partial charge in [0.05, 0.1) is 6.04 Å². The Hall–Kier alpha value is -0.810. The lowest BCUT2D eigenvalue weighted by molar-refractivity contribution is -0.143. The number of nitrogens with two attached hydrogens (primary N) is 2. The number of hydrogen-bond donors (Lipinski definition) is 3. The van der Waals surface area contributed by atoms with E-state index in [2.05, 4.69) is 0 Å². The molecule has 0 fully saturated rings. The molecule has 0 saturated heterocycles. The summed E-state index contributed by atoms with van der Waals surface area (Å²) in [5.41, 5.74) is 10.7. The van der Waals surface area contributed by atoms with E-state index in [0.717, 1.165) is 5.56 Å². The number of rotatable bonds is 3. The van der Waals surface area contributed by atoms with Gasteiger partial charge in [-0.3, -0.25) is 4.79 Å². The maximum absolute atomic E-state index is 10.8. The van der Waals surface area contributed by atoms with E-state index in [1.165, 1.54) is 6.92 Å². The second-order valence-electron chi connectivity index (χ2n) is 3.48. The number of benzene rings is 1. The van der Waals surface area contributed by atoms with E-state index in [1.807, 2.05) is 6.07 Å². The van der Waals surface area contributed by atoms with Crippen LogP contribution in [0.5, 0.6) is 0 Å². The quantitative estimate of drug-likeness (QED) is 0.770. The van der Waals surface area contributed by atoms with Crippen LogP contribution in [-0.2, 0) is 4.79 Å². The van der Waals surface area contributed by atoms with Crippen LogP contribution >= 0.6 is 24.8 Å². The molecular weight excluding hydrogens is 251 g/mol. The second kappa shape index (κ2) is 6.70. The summed E-state index contributed by atoms with van der Waals surface area (Å²) in [6, 6.07) is 8.25. The van der Waals surface area contributed by atoms with Crippen LogP contribution in [0.3, 0.4) is 0 Å². The molecule has 4 nitrogen and oxygen atoms in total. The first kappa shape index (κ1) is 17.6. The van der Waals surface area contributed by atoms with Crippen LogP contribution in [0.25, 0.3) is 0 Å². The molecule has 6 heteroatoms. The van der Waals surface area contributed by atoms with E-state index in [0.29, 0.717) is 0 Å². The van der Waals surface area contributed by atoms with Gasteiger partial charge >= 0.3 is 5.97 Å². The van der Waals surface area contributed by atoms with Gasteiger partial charge in [0.2, 0.25) is 0 Å². The number of carbonyl (C=O) groups is 1. The first-order valence-electron chi connectivity index (χ1n) is 4.29. The van der Waals surface area contributed by atoms with Gasteiger partial charge in [0.1, 0.15) is 5.54 Å². The van der Waals surface area contributed by atoms with Gasteiger partial charge in [-0.25, -0.2) is 0 Å². The zero-order valence-corrected chi connectivity index (χ0v) is 10.4. The van der Waals surface area contributed by atoms with E-state index >= 15 is 0 Å². The van der Waals surface area contributed by atoms with Gasteiger partial charge in [-0.1, -0.05) is 30.3 Å². The van der Waals surface area contributed by atoms with Crippen LogP contribution in [0.2, 0.25) is 0 Å². The number of halogens is 2. The molecule has 0 aliphatic heterocycles. The average molecular weight is 267 g/mol. The fourth-order valence-electron chi connectivity index (χ4n) is 1.14. The number of aliphatic carboxylic acids is 1. The molecule has 92 valence electrons. The summed E-state index contributed by atoms with van der Waals surface area (Å²) in [7, 11) is 0. The molecule has 0 heterocycles. The fraction of sp³-hybridized carbons (Fsp3) is 0.300. The number of hydrogen-bond acceptors (Lipinski definition) is 3. The molecule has 0 radical (unpaired) electrons. The van der Waals surface area contributed by atoms with Crippen molar-refractivity contribution in [3.05, 3.63) is 35.9 Å². The lowest BCUT2D eigenvalue weighted by Crippen LogP contribution is -2.53. The van der Waals surface area contributed by atoms with Crippen molar-refractivity contribution in [2.75, 3.05) is 0 Å². The number of carboxylic acid groups (broad SMARTS) is 1. The Balaban J connectivity index is 0. The molecule has 1 aromatic carbocycles. The van der Waals surface area contributed by atoms with Crippen LogP contribution in [0, 0.1) is 0 Å². The standard InChI is InChI=1S/C10H14N2O2.2ClH/c1-10(12,9(13)14)8(11)7-5-3-2-4-6-7;;/h2-6,8H,11-12H2,1H3,(H,13,14);2*1H/t8-,10-;;/m1../s1. The molecule has 0 spiro atoms. The van der Waals surface area contributed by atoms with Crippen molar-refractivity contribution in [2.24, 2.45) is 11.5 Å². The van der Waals surface area contributed by atoms with Crippen molar-refractivity contribution in [3.8, 4) is 0 Å². The molecule has 0 bridgehead atoms. The Bertz CT molecular complexity index is 331. The van der Waals surface area contributed by atoms with E-state index in [4.69, 9.17) is 16.6 Å². The van der Waals surface area contributed by atoms with Crippen molar-refractivity contribution in [3.63, 3.8) is 0 Å². The minimum Gasteiger partial charge on any atom is -0.480 e. The average Bonchev–Trinajstić information content (AvgIpc) is 2.17. The van der Waals surface area contributed by atoms with Crippen LogP contribution in [0.15, 0.2) is 30.3 Å². The molecule has 0 saturated carbocycles. The van der Waals surface area contributed by atoms with E-state index in [-0.39, 0.29) is 24.8 Å². The van der Waals surface area contributed by atoms with E-state index in [9.17, 15) is 4.79 Å². The minimum atomic E-state index is -1.44. The highest BCUT2D eigenvalue weighted by atomic mass is 35.5. The highest BCUT2D eigenvalue weighted by Gasteiger charge is 2.35. The van der Waals surface area contributed by atoms with E-state index < -0.39 is 17.6 Å². The summed E-state index contributed by atoms with van der Waals surface area (Å²) in [5.74, 6) is -1.10. The fourth-order valence-corrected chi connectivity index (χ4v) is 1.14. The van der Waals surface area contributed by atoms with Crippen LogP contribution in [-0.4, -0.2) is 16.6 Å². The highest BCUT2D eigenvalue weighted by Crippen LogP contribution is 2.20. The lowest BCUT2D eigenvalue weighted by atomic mass is 9.89. The molecule has 5 N–H and O–H groups in total. The second-order valence-corrected chi connectivity index (χ2v) is 3.48. The van der Waals surface area contributed by atoms with Crippen molar-refractivity contribution >= 4 is 30.8 Å². The SMILES string of the molecule is C[C@](N)(C(=O)O)[C@H](N)c1ccccc1.Cl.Cl. The zero-order chi connectivity index (χ0) is 10.8. The Morgan fingerprint density at radius 1 is 1.31 bits per heavy atom. The van der Waals surface area contributed by atoms with Gasteiger partial charge in [0.15, 0.2) is 0 Å². The van der Waals surface area contributed by atoms with Gasteiger partial charge in [0, 0.05) is 0 Å². The molecule has 2 atom stereocenters. The Kier molecular flexibility index (Phi) is 7.37. The van der Waals surface area contributed by atoms with Gasteiger partial charge < -0.3 is 16.6 Å². The molecular formula is C10H16Cl2N2O2. The van der Waals surface area contributed by atoms with Crippen molar-refractivity contribution < 1.29 is 9.90 Å². The third kappa shape index (κ3) is 3.64. The monoisotopic (exact) mass is 266 g/mol. The van der Waals surface area contributed by atoms with Crippen molar-refractivity contribution in [2.45, 2.75) is 18.5 Å². The van der Waals surface area contributed by atoms with Crippen LogP contribution < -0.4 is 11.5 Å². The molecule has 16 heavy (non-hydrogen) atoms. The molecule has 0 aliphatic carbocycles. The summed E-state index contributed by atoms with van der Waals surface area (Å²) >= 11 is 0. The third-order valence-electron chi connectivity index (χ3n) is 2.27. The Labute approximate surface area is 107 Å². The maximum Gasteiger partial charge on any atom is 0.325 e. The molecule has 0 unspecified atom stereocenters. The predicted octanol–water partition coefficient (Wildman–Crippen LogP) is 1.33. The van der Waals surface area contributed by atoms with Crippen LogP contribution in [0.4, 0.5) is 0 Å². The summed E-state index contributed by atoms with van der Waals surface area (Å²) in [6.07, 6.45) is 0. The Morgan fingerprint density at radius 3 is 2.12 bits per heavy atom. The highest BCUT2D eigenvalue weighted by molar-refractivity contribution is 5.85. The number of carboxylic acids is 1. The van der Waals surface area contributed by atoms with Gasteiger partial charge in [-0.05, 0) is 12.5 Å². The van der Waals surface area contributed by atoms with Crippen LogP contribution in [0.1, 0.15) is 18.5 Å². The predicted molar refractivity (Wildman–Crippen MR) is 68.1 cm³/mol. The van der Waals surface area contributed by atoms with Gasteiger partial charge in [-0.15, -0.1) is 24.8 Å². The summed E-state index contributed by atoms with van der Waals surface area (Å²) in [5, 5.41) is 8.87. The topological polar surface area (TPSA) is 89.3 Å². The summed E-state index contributed by atoms with van der Waals surface area (Å²) < 4.78 is 0. The van der Waals surface area contributed by atoms with E-state index in [1.54, 1.807) is 24.3 Å². The Morgan fingerprint density at radius 2 is 1.75 bits per heavy atom. The molecule has 0 aliphatic rings. The zero-order valence-electron chi connectivity index (χ0n) is 8.79. The molecule has 1 rings (SSSR count). The third-order valence-corrected chi connectivity index (χ3v) is 2.27. The van der Waals surface area contributed by atoms with Gasteiger partial charge in [0.25, 0.3) is 0 Å². The first-order valence-corrected chi connectivity index (χ1v) is 4.29. The minimum absolute atomic E-state index is 0. The molecule has 0 aromatic heterocycles. The molecule has 0 amide bonds. The summed E-state index contributed by atoms with van der Waals surface area (Å²) in [6.45, 7) is 1.41. The maximum atomic E-state index is 10.8. The largest absolute Gasteiger partial charge is 0.480 e. The summed E-state index contributed by atoms with van der Waals surface area (Å²) in [4.78, 5) is 10.8. The lowest BCUT2D eigenvalue weighted by Gasteiger charge is -2.27. The normalized spacial score (nSPS) is 14.9. The van der Waals surface area contributed by atoms with Crippen molar-refractivity contribution in [1.29, 1.82) is 0 Å². The van der Waals surface area contributed by atoms with Gasteiger partial charge in [-0.2, -0.15) is 0 Å². The molecule has 1 aromatic rings. The smallest absolute Gasteiger partial charge is 0.325 e. The first-order chi connectivity index (χ1) is 6.46.